The number of amides is 1. The molecule has 5 aromatic rings. The summed E-state index contributed by atoms with van der Waals surface area (Å²) in [6.45, 7) is -0.0289. The van der Waals surface area contributed by atoms with Crippen molar-refractivity contribution < 1.29 is 22.7 Å². The van der Waals surface area contributed by atoms with Crippen LogP contribution in [0, 0.1) is 0 Å². The number of sulfonamides is 1. The third-order valence-electron chi connectivity index (χ3n) is 6.54. The van der Waals surface area contributed by atoms with E-state index in [0.717, 1.165) is 26.2 Å². The quantitative estimate of drug-likeness (QED) is 0.158. The standard InChI is InChI=1S/C33H29N3O5S/c1-40-29-18-20-31(21-19-29)42(38,39)36(28-11-3-2-4-12-28)23-33(37)35-34-22-25-14-16-30(17-15-25)41-24-27-10-7-9-26-8-5-6-13-32(26)27/h2-22H,23-24H2,1H3,(H,35,37)/b34-22-. The molecule has 0 aliphatic carbocycles. The number of methoxy groups -OCH3 is 1. The van der Waals surface area contributed by atoms with Crippen LogP contribution in [-0.4, -0.2) is 34.2 Å². The van der Waals surface area contributed by atoms with Gasteiger partial charge in [-0.25, -0.2) is 13.8 Å². The highest BCUT2D eigenvalue weighted by molar-refractivity contribution is 7.92. The summed E-state index contributed by atoms with van der Waals surface area (Å²) < 4.78 is 39.1. The summed E-state index contributed by atoms with van der Waals surface area (Å²) in [6, 6.07) is 36.0. The van der Waals surface area contributed by atoms with Crippen LogP contribution in [0.1, 0.15) is 11.1 Å². The molecule has 1 amide bonds. The Bertz CT molecular complexity index is 1780. The second kappa shape index (κ2) is 13.0. The molecule has 0 aromatic heterocycles. The lowest BCUT2D eigenvalue weighted by atomic mass is 10.1. The second-order valence-corrected chi connectivity index (χ2v) is 11.2. The zero-order valence-corrected chi connectivity index (χ0v) is 23.7. The molecule has 5 aromatic carbocycles. The topological polar surface area (TPSA) is 97.3 Å². The number of rotatable bonds is 11. The first-order valence-corrected chi connectivity index (χ1v) is 14.6. The number of carbonyl (C=O) groups is 1. The van der Waals surface area contributed by atoms with Crippen LogP contribution < -0.4 is 19.2 Å². The summed E-state index contributed by atoms with van der Waals surface area (Å²) >= 11 is 0. The highest BCUT2D eigenvalue weighted by Gasteiger charge is 2.27. The number of hydrazone groups is 1. The molecule has 0 atom stereocenters. The first-order valence-electron chi connectivity index (χ1n) is 13.2. The molecule has 0 radical (unpaired) electrons. The maximum atomic E-state index is 13.5. The Kier molecular flexibility index (Phi) is 8.79. The molecule has 0 bridgehead atoms. The molecule has 9 heteroatoms. The normalized spacial score (nSPS) is 11.4. The zero-order chi connectivity index (χ0) is 29.4. The van der Waals surface area contributed by atoms with Gasteiger partial charge in [0.15, 0.2) is 0 Å². The number of anilines is 1. The van der Waals surface area contributed by atoms with Gasteiger partial charge in [0.25, 0.3) is 15.9 Å². The summed E-state index contributed by atoms with van der Waals surface area (Å²) in [5.41, 5.74) is 4.61. The Labute approximate surface area is 244 Å². The summed E-state index contributed by atoms with van der Waals surface area (Å²) in [6.07, 6.45) is 1.48. The minimum Gasteiger partial charge on any atom is -0.497 e. The Morgan fingerprint density at radius 3 is 2.21 bits per heavy atom. The van der Waals surface area contributed by atoms with E-state index in [2.05, 4.69) is 28.7 Å². The molecule has 0 saturated heterocycles. The fraction of sp³-hybridized carbons (Fsp3) is 0.0909. The van der Waals surface area contributed by atoms with Crippen LogP contribution in [0.4, 0.5) is 5.69 Å². The van der Waals surface area contributed by atoms with Gasteiger partial charge in [0.2, 0.25) is 0 Å². The van der Waals surface area contributed by atoms with Crippen molar-refractivity contribution in [2.45, 2.75) is 11.5 Å². The molecule has 0 aliphatic rings. The van der Waals surface area contributed by atoms with Gasteiger partial charge in [0.1, 0.15) is 24.7 Å². The Hall–Kier alpha value is -5.15. The third-order valence-corrected chi connectivity index (χ3v) is 8.32. The summed E-state index contributed by atoms with van der Waals surface area (Å²) in [5, 5.41) is 6.34. The monoisotopic (exact) mass is 579 g/mol. The molecule has 0 fully saturated rings. The molecule has 0 saturated carbocycles. The van der Waals surface area contributed by atoms with Crippen molar-refractivity contribution in [3.05, 3.63) is 132 Å². The van der Waals surface area contributed by atoms with Crippen molar-refractivity contribution in [3.8, 4) is 11.5 Å². The number of hydrogen-bond acceptors (Lipinski definition) is 6. The van der Waals surface area contributed by atoms with Crippen LogP contribution in [0.2, 0.25) is 0 Å². The summed E-state index contributed by atoms with van der Waals surface area (Å²) in [7, 11) is -2.54. The predicted octanol–water partition coefficient (Wildman–Crippen LogP) is 5.77. The van der Waals surface area contributed by atoms with Crippen molar-refractivity contribution in [3.63, 3.8) is 0 Å². The van der Waals surface area contributed by atoms with Crippen molar-refractivity contribution in [2.24, 2.45) is 5.10 Å². The number of nitrogens with zero attached hydrogens (tertiary/aromatic N) is 2. The van der Waals surface area contributed by atoms with Crippen molar-refractivity contribution >= 4 is 38.6 Å². The Balaban J connectivity index is 1.21. The average molecular weight is 580 g/mol. The van der Waals surface area contributed by atoms with Crippen LogP contribution >= 0.6 is 0 Å². The van der Waals surface area contributed by atoms with Crippen LogP contribution in [0.5, 0.6) is 11.5 Å². The maximum Gasteiger partial charge on any atom is 0.264 e. The molecular formula is C33H29N3O5S. The SMILES string of the molecule is COc1ccc(S(=O)(=O)N(CC(=O)N/N=C\c2ccc(OCc3cccc4ccccc34)cc2)c2ccccc2)cc1. The van der Waals surface area contributed by atoms with E-state index < -0.39 is 22.5 Å². The third kappa shape index (κ3) is 6.76. The van der Waals surface area contributed by atoms with Gasteiger partial charge in [0.05, 0.1) is 23.9 Å². The maximum absolute atomic E-state index is 13.5. The van der Waals surface area contributed by atoms with Crippen LogP contribution in [0.3, 0.4) is 0 Å². The van der Waals surface area contributed by atoms with E-state index in [1.165, 1.54) is 25.5 Å². The van der Waals surface area contributed by atoms with Gasteiger partial charge in [-0.3, -0.25) is 9.10 Å². The van der Waals surface area contributed by atoms with E-state index in [9.17, 15) is 13.2 Å². The van der Waals surface area contributed by atoms with Crippen molar-refractivity contribution in [2.75, 3.05) is 18.0 Å². The molecule has 0 spiro atoms. The fourth-order valence-electron chi connectivity index (χ4n) is 4.36. The number of fused-ring (bicyclic) bond motifs is 1. The van der Waals surface area contributed by atoms with Gasteiger partial charge >= 0.3 is 0 Å². The lowest BCUT2D eigenvalue weighted by Gasteiger charge is -2.23. The predicted molar refractivity (Wildman–Crippen MR) is 164 cm³/mol. The Morgan fingerprint density at radius 1 is 0.810 bits per heavy atom. The van der Waals surface area contributed by atoms with Gasteiger partial charge in [-0.15, -0.1) is 0 Å². The number of nitrogens with one attached hydrogen (secondary N) is 1. The molecule has 1 N–H and O–H groups in total. The molecule has 42 heavy (non-hydrogen) atoms. The molecule has 8 nitrogen and oxygen atoms in total. The number of benzene rings is 5. The summed E-state index contributed by atoms with van der Waals surface area (Å²) in [5.74, 6) is 0.630. The first-order chi connectivity index (χ1) is 20.4. The Morgan fingerprint density at radius 2 is 1.48 bits per heavy atom. The number of carbonyl (C=O) groups excluding carboxylic acids is 1. The van der Waals surface area contributed by atoms with Gasteiger partial charge in [-0.05, 0) is 82.6 Å². The zero-order valence-electron chi connectivity index (χ0n) is 22.9. The first kappa shape index (κ1) is 28.4. The van der Waals surface area contributed by atoms with E-state index in [1.54, 1.807) is 42.5 Å². The second-order valence-electron chi connectivity index (χ2n) is 9.31. The lowest BCUT2D eigenvalue weighted by Crippen LogP contribution is -2.39. The highest BCUT2D eigenvalue weighted by Crippen LogP contribution is 2.25. The minimum absolute atomic E-state index is 0.0335. The van der Waals surface area contributed by atoms with Gasteiger partial charge in [-0.1, -0.05) is 60.7 Å². The fourth-order valence-corrected chi connectivity index (χ4v) is 5.78. The van der Waals surface area contributed by atoms with E-state index in [4.69, 9.17) is 9.47 Å². The lowest BCUT2D eigenvalue weighted by molar-refractivity contribution is -0.119. The van der Waals surface area contributed by atoms with E-state index in [1.807, 2.05) is 48.5 Å². The summed E-state index contributed by atoms with van der Waals surface area (Å²) in [4.78, 5) is 12.8. The van der Waals surface area contributed by atoms with Gasteiger partial charge < -0.3 is 9.47 Å². The van der Waals surface area contributed by atoms with E-state index in [0.29, 0.717) is 23.8 Å². The highest BCUT2D eigenvalue weighted by atomic mass is 32.2. The molecule has 5 rings (SSSR count). The number of ether oxygens (including phenoxy) is 2. The molecule has 0 heterocycles. The largest absolute Gasteiger partial charge is 0.497 e. The van der Waals surface area contributed by atoms with E-state index in [-0.39, 0.29) is 4.90 Å². The minimum atomic E-state index is -4.04. The molecular weight excluding hydrogens is 550 g/mol. The van der Waals surface area contributed by atoms with Crippen LogP contribution in [0.15, 0.2) is 131 Å². The van der Waals surface area contributed by atoms with E-state index >= 15 is 0 Å². The van der Waals surface area contributed by atoms with Crippen LogP contribution in [-0.2, 0) is 21.4 Å². The molecule has 212 valence electrons. The smallest absolute Gasteiger partial charge is 0.264 e. The van der Waals surface area contributed by atoms with Crippen LogP contribution in [0.25, 0.3) is 10.8 Å². The number of para-hydroxylation sites is 1. The average Bonchev–Trinajstić information content (AvgIpc) is 3.03. The van der Waals surface area contributed by atoms with Gasteiger partial charge in [-0.2, -0.15) is 5.10 Å². The molecule has 0 unspecified atom stereocenters. The molecule has 0 aliphatic heterocycles. The van der Waals surface area contributed by atoms with Gasteiger partial charge in [0, 0.05) is 0 Å². The number of hydrogen-bond donors (Lipinski definition) is 1. The van der Waals surface area contributed by atoms with Crippen molar-refractivity contribution in [1.29, 1.82) is 0 Å². The van der Waals surface area contributed by atoms with Crippen molar-refractivity contribution in [1.82, 2.24) is 5.43 Å².